The summed E-state index contributed by atoms with van der Waals surface area (Å²) >= 11 is 0. The van der Waals surface area contributed by atoms with Crippen LogP contribution in [-0.2, 0) is 22.5 Å². The lowest BCUT2D eigenvalue weighted by molar-refractivity contribution is -0.139. The first-order chi connectivity index (χ1) is 15.4. The van der Waals surface area contributed by atoms with Crippen LogP contribution in [0.3, 0.4) is 0 Å². The van der Waals surface area contributed by atoms with Gasteiger partial charge >= 0.3 is 5.97 Å². The van der Waals surface area contributed by atoms with Crippen LogP contribution in [-0.4, -0.2) is 35.5 Å². The largest absolute Gasteiger partial charge is 0.493 e. The molecule has 0 spiro atoms. The van der Waals surface area contributed by atoms with Gasteiger partial charge in [0.2, 0.25) is 5.89 Å². The molecular weight excluding hydrogens is 415 g/mol. The summed E-state index contributed by atoms with van der Waals surface area (Å²) < 4.78 is 24.9. The molecule has 1 atom stereocenters. The van der Waals surface area contributed by atoms with E-state index in [0.29, 0.717) is 48.1 Å². The molecule has 1 unspecified atom stereocenters. The Balaban J connectivity index is 1.57. The third-order valence-corrected chi connectivity index (χ3v) is 4.97. The Bertz CT molecular complexity index is 1090. The average Bonchev–Trinajstić information content (AvgIpc) is 3.13. The molecule has 8 heteroatoms. The number of aromatic nitrogens is 1. The van der Waals surface area contributed by atoms with E-state index in [9.17, 15) is 14.3 Å². The number of benzene rings is 2. The molecule has 1 heterocycles. The van der Waals surface area contributed by atoms with Crippen molar-refractivity contribution in [3.05, 3.63) is 71.4 Å². The molecule has 0 aliphatic heterocycles. The second-order valence-electron chi connectivity index (χ2n) is 7.28. The lowest BCUT2D eigenvalue weighted by Crippen LogP contribution is -2.24. The number of oxazole rings is 1. The highest BCUT2D eigenvalue weighted by Gasteiger charge is 2.22. The Kier molecular flexibility index (Phi) is 7.59. The molecule has 0 radical (unpaired) electrons. The molecule has 3 rings (SSSR count). The van der Waals surface area contributed by atoms with Crippen LogP contribution in [0.4, 0.5) is 4.39 Å². The monoisotopic (exact) mass is 440 g/mol. The number of carboxylic acids is 1. The lowest BCUT2D eigenvalue weighted by Gasteiger charge is -2.12. The predicted octanol–water partition coefficient (Wildman–Crippen LogP) is 4.68. The van der Waals surface area contributed by atoms with Crippen molar-refractivity contribution in [2.24, 2.45) is 11.1 Å². The lowest BCUT2D eigenvalue weighted by atomic mass is 9.95. The Labute approximate surface area is 185 Å². The molecule has 7 nitrogen and oxygen atoms in total. The summed E-state index contributed by atoms with van der Waals surface area (Å²) in [5.74, 6) is -0.358. The van der Waals surface area contributed by atoms with Gasteiger partial charge in [0.15, 0.2) is 0 Å². The van der Waals surface area contributed by atoms with Gasteiger partial charge in [0.05, 0.1) is 18.0 Å². The van der Waals surface area contributed by atoms with Gasteiger partial charge in [-0.25, -0.2) is 9.37 Å². The number of aryl methyl sites for hydroxylation is 1. The molecule has 0 aliphatic rings. The molecule has 0 amide bonds. The molecule has 168 valence electrons. The van der Waals surface area contributed by atoms with Gasteiger partial charge in [-0.15, -0.1) is 0 Å². The number of aliphatic carboxylic acids is 1. The summed E-state index contributed by atoms with van der Waals surface area (Å²) in [4.78, 5) is 20.7. The molecule has 0 fully saturated rings. The maximum absolute atomic E-state index is 13.4. The van der Waals surface area contributed by atoms with E-state index in [0.717, 1.165) is 11.3 Å². The summed E-state index contributed by atoms with van der Waals surface area (Å²) in [6.07, 6.45) is 0.829. The Hall–Kier alpha value is -3.68. The first-order valence-corrected chi connectivity index (χ1v) is 10.1. The molecule has 1 N–H and O–H groups in total. The van der Waals surface area contributed by atoms with E-state index in [1.54, 1.807) is 31.2 Å². The van der Waals surface area contributed by atoms with E-state index in [1.807, 2.05) is 19.1 Å². The van der Waals surface area contributed by atoms with Gasteiger partial charge in [-0.3, -0.25) is 4.79 Å². The number of hydrogen-bond acceptors (Lipinski definition) is 6. The zero-order valence-corrected chi connectivity index (χ0v) is 18.2. The predicted molar refractivity (Wildman–Crippen MR) is 117 cm³/mol. The first kappa shape index (κ1) is 23.0. The van der Waals surface area contributed by atoms with Crippen LogP contribution >= 0.6 is 0 Å². The normalized spacial score (nSPS) is 12.4. The molecule has 2 aromatic carbocycles. The molecule has 32 heavy (non-hydrogen) atoms. The van der Waals surface area contributed by atoms with E-state index in [2.05, 4.69) is 15.0 Å². The summed E-state index contributed by atoms with van der Waals surface area (Å²) in [5, 5.41) is 13.2. The number of halogens is 1. The molecule has 0 aliphatic carbocycles. The van der Waals surface area contributed by atoms with Crippen molar-refractivity contribution in [2.45, 2.75) is 26.7 Å². The van der Waals surface area contributed by atoms with Gasteiger partial charge < -0.3 is 19.1 Å². The van der Waals surface area contributed by atoms with Gasteiger partial charge in [0, 0.05) is 12.0 Å². The minimum Gasteiger partial charge on any atom is -0.493 e. The first-order valence-electron chi connectivity index (χ1n) is 10.1. The van der Waals surface area contributed by atoms with Crippen LogP contribution in [0, 0.1) is 18.7 Å². The summed E-state index contributed by atoms with van der Waals surface area (Å²) in [5.41, 5.74) is 2.59. The second kappa shape index (κ2) is 10.6. The van der Waals surface area contributed by atoms with Crippen molar-refractivity contribution in [3.8, 4) is 17.2 Å². The highest BCUT2D eigenvalue weighted by Crippen LogP contribution is 2.23. The third-order valence-electron chi connectivity index (χ3n) is 4.97. The molecule has 3 aromatic rings. The summed E-state index contributed by atoms with van der Waals surface area (Å²) in [6.45, 7) is 3.83. The van der Waals surface area contributed by atoms with Gasteiger partial charge in [-0.1, -0.05) is 23.4 Å². The van der Waals surface area contributed by atoms with Gasteiger partial charge in [0.25, 0.3) is 0 Å². The Morgan fingerprint density at radius 3 is 2.66 bits per heavy atom. The van der Waals surface area contributed by atoms with E-state index in [-0.39, 0.29) is 5.82 Å². The van der Waals surface area contributed by atoms with Crippen molar-refractivity contribution in [2.75, 3.05) is 13.7 Å². The molecule has 1 aromatic heterocycles. The highest BCUT2D eigenvalue weighted by atomic mass is 19.1. The maximum atomic E-state index is 13.4. The number of carbonyl (C=O) groups is 1. The van der Waals surface area contributed by atoms with Gasteiger partial charge in [-0.2, -0.15) is 0 Å². The van der Waals surface area contributed by atoms with Crippen LogP contribution in [0.15, 0.2) is 58.1 Å². The van der Waals surface area contributed by atoms with Crippen LogP contribution in [0.5, 0.6) is 5.75 Å². The fourth-order valence-corrected chi connectivity index (χ4v) is 3.25. The van der Waals surface area contributed by atoms with Crippen molar-refractivity contribution < 1.29 is 28.3 Å². The highest BCUT2D eigenvalue weighted by molar-refractivity contribution is 6.00. The van der Waals surface area contributed by atoms with E-state index < -0.39 is 11.9 Å². The molecule has 0 saturated heterocycles. The number of ether oxygens (including phenoxy) is 1. The SMILES string of the molecule is CO/N=C(\C)C(Cc1ccc(OCCc2nc(-c3cccc(F)c3)oc2C)cc1)C(=O)O. The maximum Gasteiger partial charge on any atom is 0.312 e. The van der Waals surface area contributed by atoms with Gasteiger partial charge in [0.1, 0.15) is 30.4 Å². The number of carboxylic acid groups (broad SMARTS) is 1. The third kappa shape index (κ3) is 5.94. The second-order valence-corrected chi connectivity index (χ2v) is 7.28. The van der Waals surface area contributed by atoms with Crippen LogP contribution < -0.4 is 4.74 Å². The Morgan fingerprint density at radius 1 is 1.25 bits per heavy atom. The van der Waals surface area contributed by atoms with E-state index in [4.69, 9.17) is 9.15 Å². The minimum atomic E-state index is -0.954. The molecule has 0 bridgehead atoms. The molecule has 0 saturated carbocycles. The fourth-order valence-electron chi connectivity index (χ4n) is 3.25. The zero-order chi connectivity index (χ0) is 23.1. The van der Waals surface area contributed by atoms with E-state index in [1.165, 1.54) is 19.2 Å². The molecular formula is C24H25FN2O5. The smallest absolute Gasteiger partial charge is 0.312 e. The standard InChI is InChI=1S/C24H25FN2O5/c1-15(27-30-3)21(24(28)29)13-17-7-9-20(10-8-17)31-12-11-22-16(2)32-23(26-22)18-5-4-6-19(25)14-18/h4-10,14,21H,11-13H2,1-3H3,(H,28,29)/b27-15+. The summed E-state index contributed by atoms with van der Waals surface area (Å²) in [7, 11) is 1.39. The quantitative estimate of drug-likeness (QED) is 0.364. The zero-order valence-electron chi connectivity index (χ0n) is 18.2. The average molecular weight is 440 g/mol. The van der Waals surface area contributed by atoms with Crippen LogP contribution in [0.2, 0.25) is 0 Å². The number of rotatable bonds is 10. The summed E-state index contributed by atoms with van der Waals surface area (Å²) in [6, 6.07) is 13.4. The number of oxime groups is 1. The van der Waals surface area contributed by atoms with E-state index >= 15 is 0 Å². The number of hydrogen-bond donors (Lipinski definition) is 1. The minimum absolute atomic E-state index is 0.301. The van der Waals surface area contributed by atoms with Crippen molar-refractivity contribution in [1.82, 2.24) is 4.98 Å². The van der Waals surface area contributed by atoms with Crippen LogP contribution in [0.1, 0.15) is 23.9 Å². The number of nitrogens with zero attached hydrogens (tertiary/aromatic N) is 2. The van der Waals surface area contributed by atoms with Crippen molar-refractivity contribution in [3.63, 3.8) is 0 Å². The topological polar surface area (TPSA) is 94.2 Å². The van der Waals surface area contributed by atoms with Crippen molar-refractivity contribution >= 4 is 11.7 Å². The Morgan fingerprint density at radius 2 is 2.00 bits per heavy atom. The fraction of sp³-hybridized carbons (Fsp3) is 0.292. The van der Waals surface area contributed by atoms with Gasteiger partial charge in [-0.05, 0) is 56.2 Å². The van der Waals surface area contributed by atoms with Crippen molar-refractivity contribution in [1.29, 1.82) is 0 Å². The van der Waals surface area contributed by atoms with Crippen LogP contribution in [0.25, 0.3) is 11.5 Å².